The van der Waals surface area contributed by atoms with Crippen LogP contribution in [-0.2, 0) is 21.9 Å². The highest BCUT2D eigenvalue weighted by Crippen LogP contribution is 2.25. The van der Waals surface area contributed by atoms with Gasteiger partial charge in [-0.1, -0.05) is 0 Å². The molecule has 0 spiro atoms. The van der Waals surface area contributed by atoms with Gasteiger partial charge in [-0.15, -0.1) is 0 Å². The van der Waals surface area contributed by atoms with Crippen LogP contribution in [0.1, 0.15) is 19.3 Å². The molecule has 2 heterocycles. The highest BCUT2D eigenvalue weighted by Gasteiger charge is 2.38. The van der Waals surface area contributed by atoms with Crippen molar-refractivity contribution in [2.75, 3.05) is 6.54 Å². The fourth-order valence-corrected chi connectivity index (χ4v) is 3.74. The van der Waals surface area contributed by atoms with Crippen LogP contribution in [0.4, 0.5) is 0 Å². The quantitative estimate of drug-likeness (QED) is 0.840. The maximum Gasteiger partial charge on any atom is 0.322 e. The summed E-state index contributed by atoms with van der Waals surface area (Å²) in [5.41, 5.74) is 0. The van der Waals surface area contributed by atoms with Crippen LogP contribution in [0.25, 0.3) is 0 Å². The van der Waals surface area contributed by atoms with Crippen LogP contribution in [0.2, 0.25) is 0 Å². The fraction of sp³-hybridized carbons (Fsp3) is 0.600. The normalized spacial score (nSPS) is 21.9. The van der Waals surface area contributed by atoms with Gasteiger partial charge in [0, 0.05) is 19.8 Å². The standard InChI is InChI=1S/C10H15N3O4S/c1-12-7-8(6-11-12)18(16,17)13-5-3-2-4-9(13)10(14)15/h6-7,9H,2-5H2,1H3,(H,14,15). The molecule has 1 aromatic rings. The zero-order valence-corrected chi connectivity index (χ0v) is 10.8. The summed E-state index contributed by atoms with van der Waals surface area (Å²) >= 11 is 0. The zero-order valence-electron chi connectivity index (χ0n) is 9.98. The van der Waals surface area contributed by atoms with Crippen LogP contribution < -0.4 is 0 Å². The topological polar surface area (TPSA) is 92.5 Å². The second-order valence-electron chi connectivity index (χ2n) is 4.32. The lowest BCUT2D eigenvalue weighted by Crippen LogP contribution is -2.47. The van der Waals surface area contributed by atoms with Crippen LogP contribution >= 0.6 is 0 Å². The molecule has 1 fully saturated rings. The van der Waals surface area contributed by atoms with E-state index >= 15 is 0 Å². The van der Waals surface area contributed by atoms with E-state index in [1.807, 2.05) is 0 Å². The molecule has 0 bridgehead atoms. The van der Waals surface area contributed by atoms with Gasteiger partial charge in [-0.2, -0.15) is 9.40 Å². The Morgan fingerprint density at radius 2 is 2.22 bits per heavy atom. The van der Waals surface area contributed by atoms with Crippen LogP contribution in [0.15, 0.2) is 17.3 Å². The molecule has 8 heteroatoms. The summed E-state index contributed by atoms with van der Waals surface area (Å²) in [7, 11) is -2.15. The molecule has 0 amide bonds. The Labute approximate surface area is 105 Å². The lowest BCUT2D eigenvalue weighted by molar-refractivity contribution is -0.142. The van der Waals surface area contributed by atoms with Crippen molar-refractivity contribution >= 4 is 16.0 Å². The number of sulfonamides is 1. The van der Waals surface area contributed by atoms with E-state index in [1.165, 1.54) is 17.1 Å². The Morgan fingerprint density at radius 3 is 2.78 bits per heavy atom. The maximum absolute atomic E-state index is 12.3. The van der Waals surface area contributed by atoms with Crippen molar-refractivity contribution in [2.24, 2.45) is 7.05 Å². The average Bonchev–Trinajstić information content (AvgIpc) is 2.76. The number of piperidine rings is 1. The third-order valence-corrected chi connectivity index (χ3v) is 4.89. The molecular formula is C10H15N3O4S. The van der Waals surface area contributed by atoms with E-state index in [0.29, 0.717) is 12.8 Å². The SMILES string of the molecule is Cn1cc(S(=O)(=O)N2CCCCC2C(=O)O)cn1. The first kappa shape index (κ1) is 13.0. The second kappa shape index (κ2) is 4.69. The summed E-state index contributed by atoms with van der Waals surface area (Å²) in [5.74, 6) is -1.10. The highest BCUT2D eigenvalue weighted by atomic mass is 32.2. The van der Waals surface area contributed by atoms with E-state index in [2.05, 4.69) is 5.10 Å². The molecule has 1 atom stereocenters. The smallest absolute Gasteiger partial charge is 0.322 e. The molecule has 2 rings (SSSR count). The van der Waals surface area contributed by atoms with Crippen molar-refractivity contribution in [2.45, 2.75) is 30.2 Å². The van der Waals surface area contributed by atoms with Gasteiger partial charge in [0.2, 0.25) is 10.0 Å². The van der Waals surface area contributed by atoms with E-state index in [9.17, 15) is 13.2 Å². The van der Waals surface area contributed by atoms with Gasteiger partial charge >= 0.3 is 5.97 Å². The van der Waals surface area contributed by atoms with Gasteiger partial charge in [0.05, 0.1) is 6.20 Å². The number of carboxylic acid groups (broad SMARTS) is 1. The number of aliphatic carboxylic acids is 1. The second-order valence-corrected chi connectivity index (χ2v) is 6.21. The molecule has 100 valence electrons. The Balaban J connectivity index is 2.36. The fourth-order valence-electron chi connectivity index (χ4n) is 2.11. The van der Waals surface area contributed by atoms with Gasteiger partial charge in [-0.3, -0.25) is 9.48 Å². The summed E-state index contributed by atoms with van der Waals surface area (Å²) < 4.78 is 27.1. The first-order chi connectivity index (χ1) is 8.43. The number of hydrogen-bond acceptors (Lipinski definition) is 4. The minimum atomic E-state index is -3.77. The molecule has 1 N–H and O–H groups in total. The van der Waals surface area contributed by atoms with Crippen molar-refractivity contribution in [3.63, 3.8) is 0 Å². The van der Waals surface area contributed by atoms with Crippen molar-refractivity contribution in [1.82, 2.24) is 14.1 Å². The number of carbonyl (C=O) groups is 1. The molecule has 1 aromatic heterocycles. The third kappa shape index (κ3) is 2.25. The Bertz CT molecular complexity index is 551. The predicted molar refractivity (Wildman–Crippen MR) is 62.4 cm³/mol. The molecular weight excluding hydrogens is 258 g/mol. The summed E-state index contributed by atoms with van der Waals surface area (Å²) in [6.45, 7) is 0.244. The zero-order chi connectivity index (χ0) is 13.3. The van der Waals surface area contributed by atoms with Gasteiger partial charge < -0.3 is 5.11 Å². The Hall–Kier alpha value is -1.41. The molecule has 7 nitrogen and oxygen atoms in total. The minimum Gasteiger partial charge on any atom is -0.480 e. The van der Waals surface area contributed by atoms with Crippen LogP contribution in [-0.4, -0.2) is 46.2 Å². The van der Waals surface area contributed by atoms with Crippen LogP contribution in [0.3, 0.4) is 0 Å². The largest absolute Gasteiger partial charge is 0.480 e. The molecule has 1 aliphatic heterocycles. The first-order valence-corrected chi connectivity index (χ1v) is 7.10. The molecule has 1 aliphatic rings. The van der Waals surface area contributed by atoms with Gasteiger partial charge in [0.25, 0.3) is 0 Å². The monoisotopic (exact) mass is 273 g/mol. The van der Waals surface area contributed by atoms with Gasteiger partial charge in [0.1, 0.15) is 10.9 Å². The van der Waals surface area contributed by atoms with Crippen LogP contribution in [0, 0.1) is 0 Å². The number of hydrogen-bond donors (Lipinski definition) is 1. The average molecular weight is 273 g/mol. The summed E-state index contributed by atoms with van der Waals surface area (Å²) in [6.07, 6.45) is 4.39. The lowest BCUT2D eigenvalue weighted by Gasteiger charge is -2.31. The minimum absolute atomic E-state index is 0.0400. The number of aromatic nitrogens is 2. The Morgan fingerprint density at radius 1 is 1.50 bits per heavy atom. The van der Waals surface area contributed by atoms with Crippen molar-refractivity contribution < 1.29 is 18.3 Å². The molecule has 0 aliphatic carbocycles. The van der Waals surface area contributed by atoms with Crippen LogP contribution in [0.5, 0.6) is 0 Å². The molecule has 0 aromatic carbocycles. The summed E-state index contributed by atoms with van der Waals surface area (Å²) in [6, 6.07) is -0.969. The maximum atomic E-state index is 12.3. The van der Waals surface area contributed by atoms with Gasteiger partial charge in [0.15, 0.2) is 0 Å². The van der Waals surface area contributed by atoms with E-state index in [4.69, 9.17) is 5.11 Å². The van der Waals surface area contributed by atoms with E-state index in [0.717, 1.165) is 10.7 Å². The number of rotatable bonds is 3. The molecule has 1 saturated heterocycles. The summed E-state index contributed by atoms with van der Waals surface area (Å²) in [4.78, 5) is 11.2. The molecule has 18 heavy (non-hydrogen) atoms. The van der Waals surface area contributed by atoms with Gasteiger partial charge in [-0.05, 0) is 19.3 Å². The number of carboxylic acids is 1. The van der Waals surface area contributed by atoms with Crippen molar-refractivity contribution in [1.29, 1.82) is 0 Å². The number of nitrogens with zero attached hydrogens (tertiary/aromatic N) is 3. The summed E-state index contributed by atoms with van der Waals surface area (Å²) in [5, 5.41) is 12.9. The Kier molecular flexibility index (Phi) is 3.40. The van der Waals surface area contributed by atoms with E-state index < -0.39 is 22.0 Å². The third-order valence-electron chi connectivity index (χ3n) is 3.03. The predicted octanol–water partition coefficient (Wildman–Crippen LogP) is 0.0479. The molecule has 0 radical (unpaired) electrons. The molecule has 0 saturated carbocycles. The first-order valence-electron chi connectivity index (χ1n) is 5.66. The van der Waals surface area contributed by atoms with Crippen molar-refractivity contribution in [3.8, 4) is 0 Å². The van der Waals surface area contributed by atoms with Gasteiger partial charge in [-0.25, -0.2) is 8.42 Å². The van der Waals surface area contributed by atoms with E-state index in [-0.39, 0.29) is 11.4 Å². The lowest BCUT2D eigenvalue weighted by atomic mass is 10.1. The molecule has 1 unspecified atom stereocenters. The number of aryl methyl sites for hydroxylation is 1. The highest BCUT2D eigenvalue weighted by molar-refractivity contribution is 7.89. The van der Waals surface area contributed by atoms with E-state index in [1.54, 1.807) is 7.05 Å². The van der Waals surface area contributed by atoms with Crippen molar-refractivity contribution in [3.05, 3.63) is 12.4 Å².